The number of hydrazone groups is 1. The first-order valence-corrected chi connectivity index (χ1v) is 11.4. The minimum absolute atomic E-state index is 0.139. The molecule has 9 nitrogen and oxygen atoms in total. The third-order valence-electron chi connectivity index (χ3n) is 4.86. The zero-order chi connectivity index (χ0) is 23.8. The Morgan fingerprint density at radius 1 is 1.09 bits per heavy atom. The van der Waals surface area contributed by atoms with Crippen molar-refractivity contribution in [2.75, 3.05) is 20.0 Å². The second-order valence-corrected chi connectivity index (χ2v) is 7.85. The van der Waals surface area contributed by atoms with Crippen molar-refractivity contribution in [1.82, 2.24) is 20.2 Å². The highest BCUT2D eigenvalue weighted by Crippen LogP contribution is 2.32. The fourth-order valence-corrected chi connectivity index (χ4v) is 3.96. The summed E-state index contributed by atoms with van der Waals surface area (Å²) in [6.45, 7) is 4.58. The number of phenolic OH excluding ortho intramolecular Hbond substituents is 1. The van der Waals surface area contributed by atoms with Crippen molar-refractivity contribution in [1.29, 1.82) is 0 Å². The molecule has 0 unspecified atom stereocenters. The van der Waals surface area contributed by atoms with Gasteiger partial charge in [0.15, 0.2) is 22.5 Å². The quantitative estimate of drug-likeness (QED) is 0.264. The molecule has 0 spiro atoms. The summed E-state index contributed by atoms with van der Waals surface area (Å²) in [7, 11) is 3.17. The molecule has 10 heteroatoms. The summed E-state index contributed by atoms with van der Waals surface area (Å²) in [5, 5.41) is 22.9. The summed E-state index contributed by atoms with van der Waals surface area (Å²) < 4.78 is 12.6. The smallest absolute Gasteiger partial charge is 0.250 e. The maximum atomic E-state index is 12.4. The van der Waals surface area contributed by atoms with Gasteiger partial charge in [0.1, 0.15) is 5.75 Å². The highest BCUT2D eigenvalue weighted by atomic mass is 32.2. The molecule has 1 amide bonds. The molecule has 33 heavy (non-hydrogen) atoms. The van der Waals surface area contributed by atoms with Gasteiger partial charge in [-0.1, -0.05) is 18.7 Å². The van der Waals surface area contributed by atoms with E-state index in [4.69, 9.17) is 9.47 Å². The molecule has 0 fully saturated rings. The molecule has 3 aromatic rings. The molecular formula is C23H27N5O4S. The predicted octanol–water partition coefficient (Wildman–Crippen LogP) is 3.71. The first kappa shape index (κ1) is 24.1. The molecule has 3 rings (SSSR count). The third-order valence-corrected chi connectivity index (χ3v) is 5.82. The molecule has 0 saturated heterocycles. The van der Waals surface area contributed by atoms with Gasteiger partial charge in [-0.2, -0.15) is 5.10 Å². The largest absolute Gasteiger partial charge is 0.508 e. The Balaban J connectivity index is 1.69. The number of amides is 1. The van der Waals surface area contributed by atoms with Crippen molar-refractivity contribution in [3.05, 3.63) is 48.0 Å². The molecule has 0 saturated carbocycles. The third kappa shape index (κ3) is 5.83. The summed E-state index contributed by atoms with van der Waals surface area (Å²) in [5.41, 5.74) is 5.00. The first-order valence-electron chi connectivity index (χ1n) is 10.4. The van der Waals surface area contributed by atoms with Gasteiger partial charge in [-0.05, 0) is 61.4 Å². The molecule has 0 aliphatic carbocycles. The molecule has 174 valence electrons. The number of nitrogens with zero attached hydrogens (tertiary/aromatic N) is 4. The molecule has 2 N–H and O–H groups in total. The van der Waals surface area contributed by atoms with Gasteiger partial charge >= 0.3 is 0 Å². The lowest BCUT2D eigenvalue weighted by molar-refractivity contribution is -0.118. The fourth-order valence-electron chi connectivity index (χ4n) is 3.16. The molecule has 1 aromatic heterocycles. The second-order valence-electron chi connectivity index (χ2n) is 6.90. The lowest BCUT2D eigenvalue weighted by Crippen LogP contribution is -2.22. The SMILES string of the molecule is CCC(=NNC(=O)CSc1nnc(-c2ccc(OC)c(OC)c2)n1CC)c1ccc(O)cc1. The lowest BCUT2D eigenvalue weighted by atomic mass is 10.1. The molecule has 0 bridgehead atoms. The highest BCUT2D eigenvalue weighted by Gasteiger charge is 2.16. The van der Waals surface area contributed by atoms with Crippen LogP contribution < -0.4 is 14.9 Å². The first-order chi connectivity index (χ1) is 16.0. The number of carbonyl (C=O) groups excluding carboxylic acids is 1. The fraction of sp³-hybridized carbons (Fsp3) is 0.304. The zero-order valence-electron chi connectivity index (χ0n) is 19.0. The number of methoxy groups -OCH3 is 2. The lowest BCUT2D eigenvalue weighted by Gasteiger charge is -2.11. The summed E-state index contributed by atoms with van der Waals surface area (Å²) in [5.74, 6) is 1.99. The van der Waals surface area contributed by atoms with Crippen LogP contribution in [0.3, 0.4) is 0 Å². The summed E-state index contributed by atoms with van der Waals surface area (Å²) in [6.07, 6.45) is 0.636. The second kappa shape index (κ2) is 11.4. The van der Waals surface area contributed by atoms with Gasteiger partial charge in [0.2, 0.25) is 0 Å². The summed E-state index contributed by atoms with van der Waals surface area (Å²) >= 11 is 1.29. The van der Waals surface area contributed by atoms with E-state index in [2.05, 4.69) is 20.7 Å². The van der Waals surface area contributed by atoms with Gasteiger partial charge in [0, 0.05) is 12.1 Å². The van der Waals surface area contributed by atoms with Crippen LogP contribution in [0.25, 0.3) is 11.4 Å². The van der Waals surface area contributed by atoms with Gasteiger partial charge in [0.25, 0.3) is 5.91 Å². The van der Waals surface area contributed by atoms with Gasteiger partial charge in [-0.25, -0.2) is 5.43 Å². The number of hydrogen-bond donors (Lipinski definition) is 2. The van der Waals surface area contributed by atoms with Gasteiger partial charge in [-0.15, -0.1) is 10.2 Å². The van der Waals surface area contributed by atoms with Crippen LogP contribution in [-0.4, -0.2) is 51.5 Å². The molecule has 0 radical (unpaired) electrons. The van der Waals surface area contributed by atoms with E-state index in [0.29, 0.717) is 35.4 Å². The average Bonchev–Trinajstić information content (AvgIpc) is 3.26. The van der Waals surface area contributed by atoms with Gasteiger partial charge in [0.05, 0.1) is 25.7 Å². The molecule has 0 aliphatic rings. The van der Waals surface area contributed by atoms with E-state index in [-0.39, 0.29) is 17.4 Å². The summed E-state index contributed by atoms with van der Waals surface area (Å²) in [6, 6.07) is 12.3. The van der Waals surface area contributed by atoms with Crippen molar-refractivity contribution in [3.8, 4) is 28.6 Å². The average molecular weight is 470 g/mol. The summed E-state index contributed by atoms with van der Waals surface area (Å²) in [4.78, 5) is 12.4. The Hall–Kier alpha value is -3.53. The Bertz CT molecular complexity index is 1130. The van der Waals surface area contributed by atoms with Crippen molar-refractivity contribution in [2.24, 2.45) is 5.10 Å². The standard InChI is InChI=1S/C23H27N5O4S/c1-5-18(15-7-10-17(29)11-8-15)24-25-21(30)14-33-23-27-26-22(28(23)6-2)16-9-12-19(31-3)20(13-16)32-4/h7-13,29H,5-6,14H2,1-4H3,(H,25,30). The van der Waals surface area contributed by atoms with Crippen molar-refractivity contribution >= 4 is 23.4 Å². The van der Waals surface area contributed by atoms with E-state index < -0.39 is 0 Å². The van der Waals surface area contributed by atoms with Crippen LogP contribution in [0.15, 0.2) is 52.7 Å². The number of ether oxygens (including phenoxy) is 2. The predicted molar refractivity (Wildman–Crippen MR) is 128 cm³/mol. The number of aromatic nitrogens is 3. The Morgan fingerprint density at radius 2 is 1.82 bits per heavy atom. The molecular weight excluding hydrogens is 442 g/mol. The zero-order valence-corrected chi connectivity index (χ0v) is 19.8. The normalized spacial score (nSPS) is 11.3. The van der Waals surface area contributed by atoms with E-state index in [0.717, 1.165) is 16.8 Å². The number of nitrogens with one attached hydrogen (secondary N) is 1. The van der Waals surface area contributed by atoms with Crippen LogP contribution in [0.2, 0.25) is 0 Å². The van der Waals surface area contributed by atoms with Crippen LogP contribution in [0.1, 0.15) is 25.8 Å². The maximum Gasteiger partial charge on any atom is 0.250 e. The van der Waals surface area contributed by atoms with Crippen LogP contribution in [0.4, 0.5) is 0 Å². The number of hydrogen-bond acceptors (Lipinski definition) is 8. The van der Waals surface area contributed by atoms with Crippen molar-refractivity contribution in [2.45, 2.75) is 32.0 Å². The highest BCUT2D eigenvalue weighted by molar-refractivity contribution is 7.99. The van der Waals surface area contributed by atoms with E-state index in [9.17, 15) is 9.90 Å². The van der Waals surface area contributed by atoms with Gasteiger partial charge in [-0.3, -0.25) is 4.79 Å². The molecule has 0 aliphatic heterocycles. The Labute approximate surface area is 196 Å². The van der Waals surface area contributed by atoms with Crippen molar-refractivity contribution in [3.63, 3.8) is 0 Å². The Kier molecular flexibility index (Phi) is 8.31. The number of aromatic hydroxyl groups is 1. The minimum atomic E-state index is -0.247. The van der Waals surface area contributed by atoms with Crippen LogP contribution in [0, 0.1) is 0 Å². The number of rotatable bonds is 10. The molecule has 1 heterocycles. The van der Waals surface area contributed by atoms with Crippen LogP contribution >= 0.6 is 11.8 Å². The van der Waals surface area contributed by atoms with E-state index >= 15 is 0 Å². The molecule has 0 atom stereocenters. The number of thioether (sulfide) groups is 1. The Morgan fingerprint density at radius 3 is 2.45 bits per heavy atom. The van der Waals surface area contributed by atoms with Crippen molar-refractivity contribution < 1.29 is 19.4 Å². The topological polar surface area (TPSA) is 111 Å². The number of phenols is 1. The van der Waals surface area contributed by atoms with E-state index in [1.807, 2.05) is 36.6 Å². The molecule has 2 aromatic carbocycles. The van der Waals surface area contributed by atoms with Gasteiger partial charge < -0.3 is 19.1 Å². The minimum Gasteiger partial charge on any atom is -0.508 e. The maximum absolute atomic E-state index is 12.4. The van der Waals surface area contributed by atoms with E-state index in [1.165, 1.54) is 11.8 Å². The van der Waals surface area contributed by atoms with E-state index in [1.54, 1.807) is 38.5 Å². The van der Waals surface area contributed by atoms with Crippen LogP contribution in [0.5, 0.6) is 17.2 Å². The number of carbonyl (C=O) groups is 1. The number of benzene rings is 2. The van der Waals surface area contributed by atoms with Crippen LogP contribution in [-0.2, 0) is 11.3 Å². The monoisotopic (exact) mass is 469 g/mol.